The maximum atomic E-state index is 12.1. The van der Waals surface area contributed by atoms with Crippen molar-refractivity contribution in [2.24, 2.45) is 0 Å². The highest BCUT2D eigenvalue weighted by molar-refractivity contribution is 5.46. The number of pyridine rings is 1. The molecule has 2 aromatic heterocycles. The molecular weight excluding hydrogens is 290 g/mol. The molecule has 0 aliphatic carbocycles. The molecule has 0 bridgehead atoms. The molecule has 0 aliphatic heterocycles. The average molecular weight is 309 g/mol. The third kappa shape index (κ3) is 3.57. The zero-order valence-corrected chi connectivity index (χ0v) is 13.0. The summed E-state index contributed by atoms with van der Waals surface area (Å²) in [6.07, 6.45) is 1.62. The van der Waals surface area contributed by atoms with Crippen LogP contribution in [-0.4, -0.2) is 22.5 Å². The minimum atomic E-state index is -0.106. The lowest BCUT2D eigenvalue weighted by molar-refractivity contribution is 0.0718. The molecule has 5 heteroatoms. The number of aromatic nitrogens is 2. The summed E-state index contributed by atoms with van der Waals surface area (Å²) in [5, 5.41) is 3.21. The van der Waals surface area contributed by atoms with Gasteiger partial charge in [0.1, 0.15) is 11.5 Å². The van der Waals surface area contributed by atoms with Gasteiger partial charge in [0, 0.05) is 25.4 Å². The van der Waals surface area contributed by atoms with Crippen molar-refractivity contribution in [1.29, 1.82) is 0 Å². The third-order valence-corrected chi connectivity index (χ3v) is 3.58. The summed E-state index contributed by atoms with van der Waals surface area (Å²) in [5.41, 5.74) is 1.61. The van der Waals surface area contributed by atoms with Gasteiger partial charge in [0.25, 0.3) is 5.56 Å². The van der Waals surface area contributed by atoms with E-state index in [1.807, 2.05) is 55.5 Å². The van der Waals surface area contributed by atoms with Crippen molar-refractivity contribution >= 4 is 11.5 Å². The van der Waals surface area contributed by atoms with Gasteiger partial charge in [-0.2, -0.15) is 0 Å². The van der Waals surface area contributed by atoms with Crippen LogP contribution in [0.3, 0.4) is 0 Å². The Morgan fingerprint density at radius 2 is 1.96 bits per heavy atom. The van der Waals surface area contributed by atoms with Crippen LogP contribution in [0.15, 0.2) is 65.6 Å². The van der Waals surface area contributed by atoms with E-state index >= 15 is 0 Å². The highest BCUT2D eigenvalue weighted by Gasteiger charge is 2.11. The number of benzene rings is 1. The number of anilines is 1. The number of nitrogens with one attached hydrogen (secondary N) is 1. The van der Waals surface area contributed by atoms with Crippen molar-refractivity contribution < 1.29 is 4.74 Å². The molecule has 0 saturated heterocycles. The number of hydrogen-bond acceptors (Lipinski definition) is 4. The number of nitrogens with zero attached hydrogens (tertiary/aromatic N) is 2. The van der Waals surface area contributed by atoms with Crippen molar-refractivity contribution in [2.75, 3.05) is 18.5 Å². The Labute approximate surface area is 134 Å². The summed E-state index contributed by atoms with van der Waals surface area (Å²) in [4.78, 5) is 16.5. The summed E-state index contributed by atoms with van der Waals surface area (Å²) < 4.78 is 7.31. The smallest absolute Gasteiger partial charge is 0.259 e. The molecule has 1 N–H and O–H groups in total. The SMILES string of the molecule is CCOC(CNc1cc(=O)n2ccccc2n1)c1ccccc1. The predicted molar refractivity (Wildman–Crippen MR) is 90.8 cm³/mol. The Morgan fingerprint density at radius 3 is 2.74 bits per heavy atom. The maximum absolute atomic E-state index is 12.1. The number of fused-ring (bicyclic) bond motifs is 1. The van der Waals surface area contributed by atoms with Crippen molar-refractivity contribution in [3.05, 3.63) is 76.7 Å². The lowest BCUT2D eigenvalue weighted by atomic mass is 10.1. The highest BCUT2D eigenvalue weighted by atomic mass is 16.5. The summed E-state index contributed by atoms with van der Waals surface area (Å²) in [6.45, 7) is 3.14. The van der Waals surface area contributed by atoms with Gasteiger partial charge in [0.05, 0.1) is 6.10 Å². The van der Waals surface area contributed by atoms with Crippen LogP contribution in [0, 0.1) is 0 Å². The first kappa shape index (κ1) is 15.2. The average Bonchev–Trinajstić information content (AvgIpc) is 2.59. The van der Waals surface area contributed by atoms with Crippen molar-refractivity contribution in [3.8, 4) is 0 Å². The Balaban J connectivity index is 1.80. The van der Waals surface area contributed by atoms with Crippen LogP contribution >= 0.6 is 0 Å². The standard InChI is InChI=1S/C18H19N3O2/c1-2-23-15(14-8-4-3-5-9-14)13-19-16-12-18(22)21-11-7-6-10-17(21)20-16/h3-12,15,19H,2,13H2,1H3. The largest absolute Gasteiger partial charge is 0.372 e. The van der Waals surface area contributed by atoms with Crippen LogP contribution in [-0.2, 0) is 4.74 Å². The lowest BCUT2D eigenvalue weighted by Crippen LogP contribution is -2.20. The lowest BCUT2D eigenvalue weighted by Gasteiger charge is -2.18. The van der Waals surface area contributed by atoms with Gasteiger partial charge in [-0.15, -0.1) is 0 Å². The Hall–Kier alpha value is -2.66. The minimum Gasteiger partial charge on any atom is -0.372 e. The molecule has 0 spiro atoms. The first-order valence-electron chi connectivity index (χ1n) is 7.67. The van der Waals surface area contributed by atoms with E-state index in [-0.39, 0.29) is 11.7 Å². The molecule has 0 radical (unpaired) electrons. The summed E-state index contributed by atoms with van der Waals surface area (Å²) >= 11 is 0. The summed E-state index contributed by atoms with van der Waals surface area (Å²) in [6, 6.07) is 17.0. The van der Waals surface area contributed by atoms with Crippen LogP contribution in [0.25, 0.3) is 5.65 Å². The van der Waals surface area contributed by atoms with Gasteiger partial charge in [-0.1, -0.05) is 36.4 Å². The van der Waals surface area contributed by atoms with Gasteiger partial charge in [-0.05, 0) is 24.6 Å². The van der Waals surface area contributed by atoms with Gasteiger partial charge in [-0.3, -0.25) is 9.20 Å². The molecule has 0 fully saturated rings. The topological polar surface area (TPSA) is 55.6 Å². The molecule has 118 valence electrons. The molecular formula is C18H19N3O2. The Kier molecular flexibility index (Phi) is 4.68. The second-order valence-corrected chi connectivity index (χ2v) is 5.14. The van der Waals surface area contributed by atoms with E-state index in [0.29, 0.717) is 24.6 Å². The third-order valence-electron chi connectivity index (χ3n) is 3.58. The van der Waals surface area contributed by atoms with E-state index < -0.39 is 0 Å². The summed E-state index contributed by atoms with van der Waals surface area (Å²) in [7, 11) is 0. The molecule has 1 unspecified atom stereocenters. The molecule has 1 atom stereocenters. The van der Waals surface area contributed by atoms with Crippen LogP contribution in [0.4, 0.5) is 5.82 Å². The van der Waals surface area contributed by atoms with Crippen molar-refractivity contribution in [1.82, 2.24) is 9.38 Å². The molecule has 1 aromatic carbocycles. The molecule has 0 aliphatic rings. The second-order valence-electron chi connectivity index (χ2n) is 5.14. The van der Waals surface area contributed by atoms with E-state index in [1.54, 1.807) is 6.20 Å². The second kappa shape index (κ2) is 7.07. The monoisotopic (exact) mass is 309 g/mol. The summed E-state index contributed by atoms with van der Waals surface area (Å²) in [5.74, 6) is 0.557. The van der Waals surface area contributed by atoms with Crippen LogP contribution in [0.5, 0.6) is 0 Å². The van der Waals surface area contributed by atoms with Gasteiger partial charge in [0.15, 0.2) is 0 Å². The maximum Gasteiger partial charge on any atom is 0.259 e. The Bertz CT molecular complexity index is 830. The first-order valence-corrected chi connectivity index (χ1v) is 7.67. The van der Waals surface area contributed by atoms with Gasteiger partial charge in [0.2, 0.25) is 0 Å². The fourth-order valence-electron chi connectivity index (χ4n) is 2.48. The molecule has 0 saturated carbocycles. The van der Waals surface area contributed by atoms with E-state index in [1.165, 1.54) is 10.5 Å². The molecule has 3 rings (SSSR count). The van der Waals surface area contributed by atoms with Gasteiger partial charge >= 0.3 is 0 Å². The van der Waals surface area contributed by atoms with E-state index in [4.69, 9.17) is 4.74 Å². The zero-order valence-electron chi connectivity index (χ0n) is 13.0. The number of hydrogen-bond donors (Lipinski definition) is 1. The Morgan fingerprint density at radius 1 is 1.17 bits per heavy atom. The fourth-order valence-corrected chi connectivity index (χ4v) is 2.48. The fraction of sp³-hybridized carbons (Fsp3) is 0.222. The number of ether oxygens (including phenoxy) is 1. The van der Waals surface area contributed by atoms with E-state index in [2.05, 4.69) is 10.3 Å². The quantitative estimate of drug-likeness (QED) is 0.761. The van der Waals surface area contributed by atoms with E-state index in [9.17, 15) is 4.79 Å². The van der Waals surface area contributed by atoms with Crippen LogP contribution in [0.1, 0.15) is 18.6 Å². The molecule has 2 heterocycles. The molecule has 5 nitrogen and oxygen atoms in total. The minimum absolute atomic E-state index is 0.0859. The molecule has 0 amide bonds. The van der Waals surface area contributed by atoms with Crippen molar-refractivity contribution in [3.63, 3.8) is 0 Å². The van der Waals surface area contributed by atoms with Gasteiger partial charge in [-0.25, -0.2) is 4.98 Å². The zero-order chi connectivity index (χ0) is 16.1. The molecule has 3 aromatic rings. The van der Waals surface area contributed by atoms with Crippen LogP contribution < -0.4 is 10.9 Å². The van der Waals surface area contributed by atoms with E-state index in [0.717, 1.165) is 5.56 Å². The predicted octanol–water partition coefficient (Wildman–Crippen LogP) is 2.88. The van der Waals surface area contributed by atoms with Gasteiger partial charge < -0.3 is 10.1 Å². The normalized spacial score (nSPS) is 12.2. The first-order chi connectivity index (χ1) is 11.3. The van der Waals surface area contributed by atoms with Crippen LogP contribution in [0.2, 0.25) is 0 Å². The van der Waals surface area contributed by atoms with Crippen molar-refractivity contribution in [2.45, 2.75) is 13.0 Å². The number of rotatable bonds is 6. The highest BCUT2D eigenvalue weighted by Crippen LogP contribution is 2.17. The molecule has 23 heavy (non-hydrogen) atoms.